The Labute approximate surface area is 168 Å². The number of thiocarbonyl (C=S) groups is 1. The zero-order chi connectivity index (χ0) is 20.0. The average molecular weight is 396 g/mol. The van der Waals surface area contributed by atoms with Gasteiger partial charge in [0.25, 0.3) is 5.91 Å². The van der Waals surface area contributed by atoms with E-state index in [1.165, 1.54) is 6.92 Å². The molecule has 2 aromatic rings. The van der Waals surface area contributed by atoms with Crippen molar-refractivity contribution in [3.63, 3.8) is 0 Å². The number of Topliss-reactive ketones (excluding diaryl/α,β-unsaturated/α-hetero) is 1. The number of hydrogen-bond acceptors (Lipinski definition) is 5. The summed E-state index contributed by atoms with van der Waals surface area (Å²) in [5, 5.41) is 0.478. The number of fused-ring (bicyclic) bond motifs is 2. The van der Waals surface area contributed by atoms with Gasteiger partial charge < -0.3 is 14.4 Å². The van der Waals surface area contributed by atoms with E-state index >= 15 is 0 Å². The second-order valence-corrected chi connectivity index (χ2v) is 7.25. The van der Waals surface area contributed by atoms with Gasteiger partial charge in [0.15, 0.2) is 22.4 Å². The third kappa shape index (κ3) is 2.82. The summed E-state index contributed by atoms with van der Waals surface area (Å²) < 4.78 is 10.8. The van der Waals surface area contributed by atoms with Gasteiger partial charge in [-0.25, -0.2) is 0 Å². The molecular formula is C21H20N2O4S. The number of amides is 1. The molecular weight excluding hydrogens is 376 g/mol. The van der Waals surface area contributed by atoms with Crippen LogP contribution in [-0.4, -0.2) is 42.0 Å². The number of anilines is 1. The third-order valence-corrected chi connectivity index (χ3v) is 5.73. The number of hydrogen-bond donors (Lipinski definition) is 0. The van der Waals surface area contributed by atoms with E-state index in [2.05, 4.69) is 0 Å². The van der Waals surface area contributed by atoms with E-state index in [1.54, 1.807) is 43.4 Å². The van der Waals surface area contributed by atoms with Crippen LogP contribution >= 0.6 is 12.2 Å². The molecule has 4 rings (SSSR count). The second-order valence-electron chi connectivity index (χ2n) is 6.88. The van der Waals surface area contributed by atoms with Crippen LogP contribution in [0.25, 0.3) is 0 Å². The van der Waals surface area contributed by atoms with Crippen molar-refractivity contribution in [2.24, 2.45) is 0 Å². The van der Waals surface area contributed by atoms with Crippen LogP contribution in [0, 0.1) is 0 Å². The number of methoxy groups -OCH3 is 2. The fourth-order valence-electron chi connectivity index (χ4n) is 3.79. The lowest BCUT2D eigenvalue weighted by Gasteiger charge is -2.31. The number of carbonyl (C=O) groups is 2. The molecule has 2 aliphatic rings. The van der Waals surface area contributed by atoms with E-state index in [4.69, 9.17) is 21.7 Å². The Hall–Kier alpha value is -2.93. The zero-order valence-corrected chi connectivity index (χ0v) is 16.7. The minimum Gasteiger partial charge on any atom is -0.493 e. The topological polar surface area (TPSA) is 59.1 Å². The first-order valence-electron chi connectivity index (χ1n) is 8.94. The van der Waals surface area contributed by atoms with Crippen molar-refractivity contribution >= 4 is 34.7 Å². The molecule has 0 spiro atoms. The molecule has 0 bridgehead atoms. The fourth-order valence-corrected chi connectivity index (χ4v) is 4.18. The molecule has 2 heterocycles. The van der Waals surface area contributed by atoms with E-state index in [-0.39, 0.29) is 17.7 Å². The molecule has 1 atom stereocenters. The molecule has 0 aliphatic carbocycles. The van der Waals surface area contributed by atoms with Crippen molar-refractivity contribution in [1.82, 2.24) is 4.90 Å². The molecule has 144 valence electrons. The first-order chi connectivity index (χ1) is 13.4. The largest absolute Gasteiger partial charge is 0.493 e. The van der Waals surface area contributed by atoms with Crippen molar-refractivity contribution in [3.8, 4) is 11.5 Å². The fraction of sp³-hybridized carbons (Fsp3) is 0.286. The minimum absolute atomic E-state index is 0.0161. The lowest BCUT2D eigenvalue weighted by atomic mass is 9.94. The van der Waals surface area contributed by atoms with E-state index in [9.17, 15) is 9.59 Å². The number of carbonyl (C=O) groups excluding carboxylic acids is 2. The Bertz CT molecular complexity index is 936. The monoisotopic (exact) mass is 396 g/mol. The molecule has 2 aliphatic heterocycles. The molecule has 7 heteroatoms. The molecule has 0 radical (unpaired) electrons. The molecule has 6 nitrogen and oxygen atoms in total. The molecule has 1 saturated heterocycles. The van der Waals surface area contributed by atoms with Gasteiger partial charge in [0, 0.05) is 18.5 Å². The molecule has 1 amide bonds. The van der Waals surface area contributed by atoms with Crippen molar-refractivity contribution in [2.45, 2.75) is 25.9 Å². The standard InChI is InChI=1S/C21H20N2O4S/c1-12(24)13-4-6-16(7-5-13)23-20(25)17-8-14-9-18(26-2)19(27-3)10-15(14)11-22(17)21(23)28/h4-7,9-10,17H,8,11H2,1-3H3/t17-/m1/s1. The van der Waals surface area contributed by atoms with Gasteiger partial charge in [0.1, 0.15) is 6.04 Å². The highest BCUT2D eigenvalue weighted by Crippen LogP contribution is 2.38. The Morgan fingerprint density at radius 2 is 1.68 bits per heavy atom. The van der Waals surface area contributed by atoms with E-state index in [0.29, 0.717) is 40.8 Å². The predicted molar refractivity (Wildman–Crippen MR) is 109 cm³/mol. The van der Waals surface area contributed by atoms with Crippen LogP contribution in [0.4, 0.5) is 5.69 Å². The van der Waals surface area contributed by atoms with E-state index in [0.717, 1.165) is 11.1 Å². The maximum absolute atomic E-state index is 13.1. The molecule has 0 saturated carbocycles. The van der Waals surface area contributed by atoms with Crippen LogP contribution in [0.15, 0.2) is 36.4 Å². The van der Waals surface area contributed by atoms with Crippen LogP contribution < -0.4 is 14.4 Å². The van der Waals surface area contributed by atoms with Crippen molar-refractivity contribution in [2.75, 3.05) is 19.1 Å². The van der Waals surface area contributed by atoms with Crippen molar-refractivity contribution in [1.29, 1.82) is 0 Å². The number of benzene rings is 2. The summed E-state index contributed by atoms with van der Waals surface area (Å²) in [5.74, 6) is 1.24. The highest BCUT2D eigenvalue weighted by molar-refractivity contribution is 7.80. The SMILES string of the molecule is COc1cc2c(cc1OC)CN1C(=S)N(c3ccc(C(C)=O)cc3)C(=O)[C@H]1C2. The van der Waals surface area contributed by atoms with E-state index in [1.807, 2.05) is 17.0 Å². The molecule has 0 N–H and O–H groups in total. The van der Waals surface area contributed by atoms with Gasteiger partial charge >= 0.3 is 0 Å². The summed E-state index contributed by atoms with van der Waals surface area (Å²) in [7, 11) is 3.20. The second kappa shape index (κ2) is 6.91. The summed E-state index contributed by atoms with van der Waals surface area (Å²) in [5.41, 5.74) is 3.40. The maximum Gasteiger partial charge on any atom is 0.256 e. The maximum atomic E-state index is 13.1. The van der Waals surface area contributed by atoms with Crippen LogP contribution in [0.1, 0.15) is 28.4 Å². The zero-order valence-electron chi connectivity index (χ0n) is 15.9. The Balaban J connectivity index is 1.67. The molecule has 0 unspecified atom stereocenters. The van der Waals surface area contributed by atoms with Gasteiger partial charge in [-0.1, -0.05) is 0 Å². The average Bonchev–Trinajstić information content (AvgIpc) is 2.95. The highest BCUT2D eigenvalue weighted by atomic mass is 32.1. The van der Waals surface area contributed by atoms with Gasteiger partial charge in [-0.05, 0) is 66.7 Å². The molecule has 28 heavy (non-hydrogen) atoms. The van der Waals surface area contributed by atoms with Gasteiger partial charge in [0.2, 0.25) is 0 Å². The van der Waals surface area contributed by atoms with Gasteiger partial charge in [-0.3, -0.25) is 14.5 Å². The lowest BCUT2D eigenvalue weighted by molar-refractivity contribution is -0.120. The summed E-state index contributed by atoms with van der Waals surface area (Å²) in [6.07, 6.45) is 0.552. The molecule has 0 aromatic heterocycles. The van der Waals surface area contributed by atoms with Crippen molar-refractivity contribution < 1.29 is 19.1 Å². The van der Waals surface area contributed by atoms with Gasteiger partial charge in [-0.2, -0.15) is 0 Å². The Morgan fingerprint density at radius 1 is 1.07 bits per heavy atom. The quantitative estimate of drug-likeness (QED) is 0.585. The Kier molecular flexibility index (Phi) is 4.55. The van der Waals surface area contributed by atoms with Crippen LogP contribution in [0.5, 0.6) is 11.5 Å². The smallest absolute Gasteiger partial charge is 0.256 e. The summed E-state index contributed by atoms with van der Waals surface area (Å²) in [6, 6.07) is 10.5. The summed E-state index contributed by atoms with van der Waals surface area (Å²) in [4.78, 5) is 28.1. The number of nitrogens with zero attached hydrogens (tertiary/aromatic N) is 2. The number of ether oxygens (including phenoxy) is 2. The third-order valence-electron chi connectivity index (χ3n) is 5.31. The minimum atomic E-state index is -0.342. The van der Waals surface area contributed by atoms with Gasteiger partial charge in [-0.15, -0.1) is 0 Å². The normalized spacial score (nSPS) is 18.0. The van der Waals surface area contributed by atoms with Crippen molar-refractivity contribution in [3.05, 3.63) is 53.1 Å². The van der Waals surface area contributed by atoms with Gasteiger partial charge in [0.05, 0.1) is 19.9 Å². The van der Waals surface area contributed by atoms with Crippen LogP contribution in [0.3, 0.4) is 0 Å². The first kappa shape index (κ1) is 18.4. The predicted octanol–water partition coefficient (Wildman–Crippen LogP) is 2.96. The molecule has 2 aromatic carbocycles. The van der Waals surface area contributed by atoms with Crippen LogP contribution in [0.2, 0.25) is 0 Å². The number of rotatable bonds is 4. The number of ketones is 1. The van der Waals surface area contributed by atoms with Crippen LogP contribution in [-0.2, 0) is 17.8 Å². The highest BCUT2D eigenvalue weighted by Gasteiger charge is 2.45. The lowest BCUT2D eigenvalue weighted by Crippen LogP contribution is -2.40. The first-order valence-corrected chi connectivity index (χ1v) is 9.34. The summed E-state index contributed by atoms with van der Waals surface area (Å²) in [6.45, 7) is 2.05. The van der Waals surface area contributed by atoms with E-state index < -0.39 is 0 Å². The summed E-state index contributed by atoms with van der Waals surface area (Å²) >= 11 is 5.63. The molecule has 1 fully saturated rings. The Morgan fingerprint density at radius 3 is 2.25 bits per heavy atom.